The molecule has 0 fully saturated rings. The number of carbonyl (C=O) groups is 1. The number of ether oxygens (including phenoxy) is 1. The van der Waals surface area contributed by atoms with Crippen LogP contribution in [0.5, 0.6) is 0 Å². The van der Waals surface area contributed by atoms with Crippen molar-refractivity contribution in [3.63, 3.8) is 0 Å². The molecule has 0 N–H and O–H groups in total. The number of esters is 1. The van der Waals surface area contributed by atoms with Crippen molar-refractivity contribution < 1.29 is 9.53 Å². The van der Waals surface area contributed by atoms with Gasteiger partial charge in [0.15, 0.2) is 0 Å². The normalized spacial score (nSPS) is 12.3. The molecule has 2 heteroatoms. The zero-order valence-corrected chi connectivity index (χ0v) is 18.3. The Balaban J connectivity index is 3.70. The number of rotatable bonds is 20. The van der Waals surface area contributed by atoms with Gasteiger partial charge in [-0.3, -0.25) is 4.79 Å². The zero-order valence-electron chi connectivity index (χ0n) is 18.3. The Hall–Kier alpha value is -0.530. The predicted octanol–water partition coefficient (Wildman–Crippen LogP) is 8.23. The number of unbranched alkanes of at least 4 members (excludes halogenated alkanes) is 13. The predicted molar refractivity (Wildman–Crippen MR) is 115 cm³/mol. The van der Waals surface area contributed by atoms with E-state index < -0.39 is 0 Å². The molecule has 0 aromatic carbocycles. The molecule has 1 unspecified atom stereocenters. The molecule has 0 saturated heterocycles. The Bertz CT molecular complexity index is 288. The highest BCUT2D eigenvalue weighted by Gasteiger charge is 2.18. The fourth-order valence-electron chi connectivity index (χ4n) is 3.53. The van der Waals surface area contributed by atoms with Crippen LogP contribution in [0.2, 0.25) is 0 Å². The van der Waals surface area contributed by atoms with Gasteiger partial charge in [0.2, 0.25) is 0 Å². The fourth-order valence-corrected chi connectivity index (χ4v) is 3.53. The van der Waals surface area contributed by atoms with Crippen LogP contribution in [0.3, 0.4) is 0 Å². The maximum Gasteiger partial charge on any atom is 0.308 e. The van der Waals surface area contributed by atoms with Crippen LogP contribution in [0.1, 0.15) is 136 Å². The molecule has 1 atom stereocenters. The van der Waals surface area contributed by atoms with Crippen molar-refractivity contribution in [3.8, 4) is 0 Å². The van der Waals surface area contributed by atoms with Gasteiger partial charge in [-0.05, 0) is 19.3 Å². The maximum absolute atomic E-state index is 12.4. The van der Waals surface area contributed by atoms with Gasteiger partial charge in [-0.15, -0.1) is 0 Å². The van der Waals surface area contributed by atoms with E-state index in [9.17, 15) is 4.79 Å². The van der Waals surface area contributed by atoms with Crippen LogP contribution in [-0.2, 0) is 9.53 Å². The monoisotopic (exact) mass is 368 g/mol. The van der Waals surface area contributed by atoms with Gasteiger partial charge in [0.25, 0.3) is 0 Å². The molecule has 0 aliphatic rings. The van der Waals surface area contributed by atoms with Gasteiger partial charge < -0.3 is 4.74 Å². The topological polar surface area (TPSA) is 26.3 Å². The molecule has 0 aromatic heterocycles. The zero-order chi connectivity index (χ0) is 19.3. The second-order valence-electron chi connectivity index (χ2n) is 8.04. The van der Waals surface area contributed by atoms with E-state index in [4.69, 9.17) is 4.74 Å². The highest BCUT2D eigenvalue weighted by Crippen LogP contribution is 2.19. The van der Waals surface area contributed by atoms with E-state index in [1.165, 1.54) is 83.5 Å². The molecule has 0 bridgehead atoms. The van der Waals surface area contributed by atoms with E-state index in [2.05, 4.69) is 20.8 Å². The lowest BCUT2D eigenvalue weighted by molar-refractivity contribution is -0.149. The summed E-state index contributed by atoms with van der Waals surface area (Å²) < 4.78 is 5.60. The first-order valence-electron chi connectivity index (χ1n) is 11.9. The highest BCUT2D eigenvalue weighted by atomic mass is 16.5. The lowest BCUT2D eigenvalue weighted by Gasteiger charge is -2.16. The average molecular weight is 369 g/mol. The molecular formula is C24H48O2. The summed E-state index contributed by atoms with van der Waals surface area (Å²) in [5.41, 5.74) is 0. The first kappa shape index (κ1) is 25.5. The first-order valence-corrected chi connectivity index (χ1v) is 11.9. The van der Waals surface area contributed by atoms with E-state index in [-0.39, 0.29) is 11.9 Å². The molecule has 0 heterocycles. The molecule has 0 aromatic rings. The number of hydrogen-bond donors (Lipinski definition) is 0. The van der Waals surface area contributed by atoms with Crippen LogP contribution < -0.4 is 0 Å². The molecule has 156 valence electrons. The second kappa shape index (κ2) is 20.8. The van der Waals surface area contributed by atoms with E-state index in [1.807, 2.05) is 0 Å². The van der Waals surface area contributed by atoms with E-state index in [0.29, 0.717) is 6.61 Å². The van der Waals surface area contributed by atoms with Crippen LogP contribution in [0.15, 0.2) is 0 Å². The van der Waals surface area contributed by atoms with Crippen molar-refractivity contribution in [2.45, 2.75) is 136 Å². The van der Waals surface area contributed by atoms with Crippen LogP contribution in [-0.4, -0.2) is 12.6 Å². The van der Waals surface area contributed by atoms with Crippen molar-refractivity contribution in [1.82, 2.24) is 0 Å². The summed E-state index contributed by atoms with van der Waals surface area (Å²) in [6.07, 6.45) is 22.5. The SMILES string of the molecule is CCCCCCCCCCCOC(=O)C(CCCC)CCCCCCC. The molecule has 0 aliphatic carbocycles. The van der Waals surface area contributed by atoms with Crippen LogP contribution in [0.4, 0.5) is 0 Å². The number of hydrogen-bond acceptors (Lipinski definition) is 2. The Morgan fingerprint density at radius 2 is 1.00 bits per heavy atom. The third-order valence-corrected chi connectivity index (χ3v) is 5.39. The number of carbonyl (C=O) groups excluding carboxylic acids is 1. The maximum atomic E-state index is 12.4. The minimum absolute atomic E-state index is 0.0773. The van der Waals surface area contributed by atoms with E-state index in [1.54, 1.807) is 0 Å². The molecule has 2 nitrogen and oxygen atoms in total. The lowest BCUT2D eigenvalue weighted by Crippen LogP contribution is -2.18. The van der Waals surface area contributed by atoms with Crippen LogP contribution in [0.25, 0.3) is 0 Å². The molecule has 0 spiro atoms. The Labute approximate surface area is 164 Å². The molecule has 0 radical (unpaired) electrons. The van der Waals surface area contributed by atoms with Gasteiger partial charge in [0.05, 0.1) is 12.5 Å². The summed E-state index contributed by atoms with van der Waals surface area (Å²) in [5.74, 6) is 0.226. The van der Waals surface area contributed by atoms with Gasteiger partial charge >= 0.3 is 5.97 Å². The first-order chi connectivity index (χ1) is 12.8. The summed E-state index contributed by atoms with van der Waals surface area (Å²) >= 11 is 0. The van der Waals surface area contributed by atoms with Crippen molar-refractivity contribution >= 4 is 5.97 Å². The van der Waals surface area contributed by atoms with Crippen molar-refractivity contribution in [2.75, 3.05) is 6.61 Å². The van der Waals surface area contributed by atoms with Gasteiger partial charge in [-0.25, -0.2) is 0 Å². The summed E-state index contributed by atoms with van der Waals surface area (Å²) in [7, 11) is 0. The summed E-state index contributed by atoms with van der Waals surface area (Å²) in [4.78, 5) is 12.4. The smallest absolute Gasteiger partial charge is 0.308 e. The molecule has 0 amide bonds. The van der Waals surface area contributed by atoms with Crippen molar-refractivity contribution in [1.29, 1.82) is 0 Å². The average Bonchev–Trinajstić information content (AvgIpc) is 2.65. The molecule has 26 heavy (non-hydrogen) atoms. The minimum atomic E-state index is 0.0773. The van der Waals surface area contributed by atoms with Crippen molar-refractivity contribution in [2.24, 2.45) is 5.92 Å². The van der Waals surface area contributed by atoms with Crippen molar-refractivity contribution in [3.05, 3.63) is 0 Å². The van der Waals surface area contributed by atoms with Gasteiger partial charge in [0, 0.05) is 0 Å². The highest BCUT2D eigenvalue weighted by molar-refractivity contribution is 5.72. The van der Waals surface area contributed by atoms with Crippen LogP contribution >= 0.6 is 0 Å². The third kappa shape index (κ3) is 16.9. The molecule has 0 aliphatic heterocycles. The quantitative estimate of drug-likeness (QED) is 0.160. The largest absolute Gasteiger partial charge is 0.465 e. The van der Waals surface area contributed by atoms with E-state index in [0.717, 1.165) is 32.1 Å². The Kier molecular flexibility index (Phi) is 20.4. The lowest BCUT2D eigenvalue weighted by atomic mass is 9.95. The van der Waals surface area contributed by atoms with Crippen LogP contribution in [0, 0.1) is 5.92 Å². The molecule has 0 saturated carbocycles. The van der Waals surface area contributed by atoms with E-state index >= 15 is 0 Å². The molecular weight excluding hydrogens is 320 g/mol. The fraction of sp³-hybridized carbons (Fsp3) is 0.958. The van der Waals surface area contributed by atoms with Gasteiger partial charge in [0.1, 0.15) is 0 Å². The second-order valence-corrected chi connectivity index (χ2v) is 8.04. The summed E-state index contributed by atoms with van der Waals surface area (Å²) in [5, 5.41) is 0. The molecule has 0 rings (SSSR count). The van der Waals surface area contributed by atoms with Gasteiger partial charge in [-0.1, -0.05) is 117 Å². The Morgan fingerprint density at radius 3 is 1.54 bits per heavy atom. The standard InChI is InChI=1S/C24H48O2/c1-4-7-10-12-13-14-15-17-19-22-26-24(25)23(20-9-6-3)21-18-16-11-8-5-2/h23H,4-22H2,1-3H3. The summed E-state index contributed by atoms with van der Waals surface area (Å²) in [6.45, 7) is 7.34. The summed E-state index contributed by atoms with van der Waals surface area (Å²) in [6, 6.07) is 0. The Morgan fingerprint density at radius 1 is 0.577 bits per heavy atom. The minimum Gasteiger partial charge on any atom is -0.465 e. The third-order valence-electron chi connectivity index (χ3n) is 5.39. The van der Waals surface area contributed by atoms with Gasteiger partial charge in [-0.2, -0.15) is 0 Å².